The van der Waals surface area contributed by atoms with Crippen molar-refractivity contribution >= 4 is 21.6 Å². The van der Waals surface area contributed by atoms with Gasteiger partial charge in [-0.15, -0.1) is 0 Å². The highest BCUT2D eigenvalue weighted by atomic mass is 32.2. The summed E-state index contributed by atoms with van der Waals surface area (Å²) in [6.45, 7) is 6.34. The van der Waals surface area contributed by atoms with Crippen LogP contribution >= 0.6 is 0 Å². The minimum absolute atomic E-state index is 0.103. The third-order valence-corrected chi connectivity index (χ3v) is 5.37. The van der Waals surface area contributed by atoms with E-state index in [1.165, 1.54) is 10.6 Å². The number of carbonyl (C=O) groups is 1. The predicted octanol–water partition coefficient (Wildman–Crippen LogP) is 3.08. The number of hydrogen-bond acceptors (Lipinski definition) is 3. The molecule has 2 aromatic rings. The van der Waals surface area contributed by atoms with Crippen molar-refractivity contribution in [2.45, 2.75) is 33.7 Å². The van der Waals surface area contributed by atoms with Gasteiger partial charge in [0.1, 0.15) is 0 Å². The molecule has 1 N–H and O–H groups in total. The smallest absolute Gasteiger partial charge is 0.232 e. The number of aryl methyl sites for hydroxylation is 3. The van der Waals surface area contributed by atoms with E-state index in [0.29, 0.717) is 12.2 Å². The minimum Gasteiger partial charge on any atom is -0.352 e. The van der Waals surface area contributed by atoms with Crippen LogP contribution in [-0.4, -0.2) is 27.1 Å². The SMILES string of the molecule is Cc1ccc(CNC(=O)CCN(c2cc(C)ccc2C)S(C)(=O)=O)cc1. The summed E-state index contributed by atoms with van der Waals surface area (Å²) in [6, 6.07) is 13.6. The number of sulfonamides is 1. The fourth-order valence-electron chi connectivity index (χ4n) is 2.65. The van der Waals surface area contributed by atoms with Crippen molar-refractivity contribution in [2.24, 2.45) is 0 Å². The Morgan fingerprint density at radius 3 is 2.23 bits per heavy atom. The Labute approximate surface area is 156 Å². The average Bonchev–Trinajstić information content (AvgIpc) is 2.56. The standard InChI is InChI=1S/C20H26N2O3S/c1-15-6-9-18(10-7-15)14-21-20(23)11-12-22(26(4,24)25)19-13-16(2)5-8-17(19)3/h5-10,13H,11-12,14H2,1-4H3,(H,21,23). The lowest BCUT2D eigenvalue weighted by atomic mass is 10.1. The third-order valence-electron chi connectivity index (χ3n) is 4.19. The van der Waals surface area contributed by atoms with Gasteiger partial charge in [-0.1, -0.05) is 42.0 Å². The van der Waals surface area contributed by atoms with E-state index in [-0.39, 0.29) is 18.9 Å². The Bertz CT molecular complexity index is 874. The molecule has 0 unspecified atom stereocenters. The first-order chi connectivity index (χ1) is 12.2. The minimum atomic E-state index is -3.47. The van der Waals surface area contributed by atoms with Crippen LogP contribution in [0.3, 0.4) is 0 Å². The van der Waals surface area contributed by atoms with Crippen LogP contribution in [0.4, 0.5) is 5.69 Å². The molecule has 0 heterocycles. The van der Waals surface area contributed by atoms with Crippen molar-refractivity contribution in [1.29, 1.82) is 0 Å². The first-order valence-electron chi connectivity index (χ1n) is 8.54. The van der Waals surface area contributed by atoms with Crippen molar-refractivity contribution in [1.82, 2.24) is 5.32 Å². The van der Waals surface area contributed by atoms with Crippen LogP contribution in [0.2, 0.25) is 0 Å². The van der Waals surface area contributed by atoms with Gasteiger partial charge in [0.15, 0.2) is 0 Å². The molecule has 0 atom stereocenters. The highest BCUT2D eigenvalue weighted by Gasteiger charge is 2.20. The first-order valence-corrected chi connectivity index (χ1v) is 10.4. The quantitative estimate of drug-likeness (QED) is 0.810. The van der Waals surface area contributed by atoms with Crippen LogP contribution in [0.1, 0.15) is 28.7 Å². The van der Waals surface area contributed by atoms with Gasteiger partial charge in [-0.2, -0.15) is 0 Å². The highest BCUT2D eigenvalue weighted by Crippen LogP contribution is 2.24. The van der Waals surface area contributed by atoms with Crippen LogP contribution in [0.15, 0.2) is 42.5 Å². The van der Waals surface area contributed by atoms with Gasteiger partial charge in [-0.3, -0.25) is 9.10 Å². The Morgan fingerprint density at radius 1 is 1.00 bits per heavy atom. The Hall–Kier alpha value is -2.34. The summed E-state index contributed by atoms with van der Waals surface area (Å²) >= 11 is 0. The summed E-state index contributed by atoms with van der Waals surface area (Å²) < 4.78 is 25.7. The molecule has 0 aliphatic rings. The van der Waals surface area contributed by atoms with E-state index in [2.05, 4.69) is 5.32 Å². The molecular weight excluding hydrogens is 348 g/mol. The van der Waals surface area contributed by atoms with Crippen LogP contribution in [-0.2, 0) is 21.4 Å². The molecule has 0 aliphatic carbocycles. The maximum absolute atomic E-state index is 12.2. The molecule has 2 rings (SSSR count). The Kier molecular flexibility index (Phi) is 6.42. The Balaban J connectivity index is 2.02. The lowest BCUT2D eigenvalue weighted by Gasteiger charge is -2.24. The van der Waals surface area contributed by atoms with E-state index >= 15 is 0 Å². The van der Waals surface area contributed by atoms with Crippen LogP contribution in [0.25, 0.3) is 0 Å². The molecule has 0 saturated heterocycles. The van der Waals surface area contributed by atoms with Crippen molar-refractivity contribution in [3.05, 3.63) is 64.7 Å². The van der Waals surface area contributed by atoms with Gasteiger partial charge in [-0.25, -0.2) is 8.42 Å². The number of anilines is 1. The zero-order valence-corrected chi connectivity index (χ0v) is 16.6. The Morgan fingerprint density at radius 2 is 1.62 bits per heavy atom. The monoisotopic (exact) mass is 374 g/mol. The predicted molar refractivity (Wildman–Crippen MR) is 106 cm³/mol. The molecule has 0 aliphatic heterocycles. The summed E-state index contributed by atoms with van der Waals surface area (Å²) in [6.07, 6.45) is 1.27. The van der Waals surface area contributed by atoms with Crippen molar-refractivity contribution in [2.75, 3.05) is 17.1 Å². The van der Waals surface area contributed by atoms with Gasteiger partial charge >= 0.3 is 0 Å². The lowest BCUT2D eigenvalue weighted by Crippen LogP contribution is -2.35. The largest absolute Gasteiger partial charge is 0.352 e. The second kappa shape index (κ2) is 8.36. The maximum Gasteiger partial charge on any atom is 0.232 e. The molecule has 0 fully saturated rings. The molecule has 0 radical (unpaired) electrons. The summed E-state index contributed by atoms with van der Waals surface area (Å²) in [5.74, 6) is -0.176. The average molecular weight is 375 g/mol. The van der Waals surface area contributed by atoms with Gasteiger partial charge in [0, 0.05) is 19.5 Å². The van der Waals surface area contributed by atoms with E-state index in [9.17, 15) is 13.2 Å². The van der Waals surface area contributed by atoms with Gasteiger partial charge in [-0.05, 0) is 43.5 Å². The number of carbonyl (C=O) groups excluding carboxylic acids is 1. The zero-order valence-electron chi connectivity index (χ0n) is 15.7. The number of nitrogens with zero attached hydrogens (tertiary/aromatic N) is 1. The normalized spacial score (nSPS) is 11.2. The molecule has 5 nitrogen and oxygen atoms in total. The molecule has 0 aromatic heterocycles. The van der Waals surface area contributed by atoms with Gasteiger partial charge < -0.3 is 5.32 Å². The van der Waals surface area contributed by atoms with E-state index in [0.717, 1.165) is 22.3 Å². The fraction of sp³-hybridized carbons (Fsp3) is 0.350. The second-order valence-electron chi connectivity index (χ2n) is 6.64. The number of hydrogen-bond donors (Lipinski definition) is 1. The molecule has 0 bridgehead atoms. The molecular formula is C20H26N2O3S. The van der Waals surface area contributed by atoms with E-state index < -0.39 is 10.0 Å². The number of benzene rings is 2. The maximum atomic E-state index is 12.2. The van der Waals surface area contributed by atoms with Gasteiger partial charge in [0.25, 0.3) is 0 Å². The van der Waals surface area contributed by atoms with Gasteiger partial charge in [0.2, 0.25) is 15.9 Å². The van der Waals surface area contributed by atoms with Crippen molar-refractivity contribution < 1.29 is 13.2 Å². The van der Waals surface area contributed by atoms with Crippen LogP contribution < -0.4 is 9.62 Å². The van der Waals surface area contributed by atoms with Crippen LogP contribution in [0, 0.1) is 20.8 Å². The number of amides is 1. The highest BCUT2D eigenvalue weighted by molar-refractivity contribution is 7.92. The molecule has 0 saturated carbocycles. The summed E-state index contributed by atoms with van der Waals surface area (Å²) in [7, 11) is -3.47. The topological polar surface area (TPSA) is 66.5 Å². The lowest BCUT2D eigenvalue weighted by molar-refractivity contribution is -0.121. The molecule has 26 heavy (non-hydrogen) atoms. The van der Waals surface area contributed by atoms with E-state index in [4.69, 9.17) is 0 Å². The first kappa shape index (κ1) is 20.0. The molecule has 6 heteroatoms. The van der Waals surface area contributed by atoms with E-state index in [1.807, 2.05) is 63.2 Å². The van der Waals surface area contributed by atoms with Gasteiger partial charge in [0.05, 0.1) is 11.9 Å². The number of rotatable bonds is 7. The van der Waals surface area contributed by atoms with Crippen molar-refractivity contribution in [3.8, 4) is 0 Å². The second-order valence-corrected chi connectivity index (χ2v) is 8.54. The third kappa shape index (κ3) is 5.59. The molecule has 140 valence electrons. The molecule has 1 amide bonds. The zero-order chi connectivity index (χ0) is 19.3. The fourth-order valence-corrected chi connectivity index (χ4v) is 3.63. The summed E-state index contributed by atoms with van der Waals surface area (Å²) in [5, 5.41) is 2.84. The molecule has 0 spiro atoms. The van der Waals surface area contributed by atoms with E-state index in [1.54, 1.807) is 0 Å². The summed E-state index contributed by atoms with van der Waals surface area (Å²) in [5.41, 5.74) is 4.64. The molecule has 2 aromatic carbocycles. The van der Waals surface area contributed by atoms with Crippen LogP contribution in [0.5, 0.6) is 0 Å². The van der Waals surface area contributed by atoms with Crippen molar-refractivity contribution in [3.63, 3.8) is 0 Å². The number of nitrogens with one attached hydrogen (secondary N) is 1. The summed E-state index contributed by atoms with van der Waals surface area (Å²) in [4.78, 5) is 12.2.